The number of rotatable bonds is 5. The van der Waals surface area contributed by atoms with Crippen LogP contribution in [0.5, 0.6) is 0 Å². The third-order valence-corrected chi connectivity index (χ3v) is 4.85. The Morgan fingerprint density at radius 2 is 1.90 bits per heavy atom. The lowest BCUT2D eigenvalue weighted by Crippen LogP contribution is -2.40. The molecule has 1 unspecified atom stereocenters. The highest BCUT2D eigenvalue weighted by Crippen LogP contribution is 2.19. The molecule has 8 heteroatoms. The van der Waals surface area contributed by atoms with Crippen molar-refractivity contribution in [2.24, 2.45) is 0 Å². The number of halogens is 2. The summed E-state index contributed by atoms with van der Waals surface area (Å²) in [5, 5.41) is 13.0. The molecule has 2 aromatic carbocycles. The maximum atomic E-state index is 13.8. The van der Waals surface area contributed by atoms with Crippen molar-refractivity contribution in [3.8, 4) is 0 Å². The van der Waals surface area contributed by atoms with Gasteiger partial charge < -0.3 is 20.4 Å². The molecule has 2 aromatic heterocycles. The lowest BCUT2D eigenvalue weighted by molar-refractivity contribution is 0.0915. The van der Waals surface area contributed by atoms with Crippen molar-refractivity contribution < 1.29 is 18.7 Å². The van der Waals surface area contributed by atoms with Crippen LogP contribution < -0.4 is 10.7 Å². The molecule has 0 bridgehead atoms. The number of nitrogens with one attached hydrogen (secondary N) is 3. The van der Waals surface area contributed by atoms with E-state index in [1.54, 1.807) is 6.20 Å². The Balaban J connectivity index is 1.61. The summed E-state index contributed by atoms with van der Waals surface area (Å²) in [6.07, 6.45) is 3.22. The van der Waals surface area contributed by atoms with Crippen molar-refractivity contribution in [3.63, 3.8) is 0 Å². The quantitative estimate of drug-likeness (QED) is 0.417. The van der Waals surface area contributed by atoms with Crippen molar-refractivity contribution in [1.82, 2.24) is 15.3 Å². The first-order valence-corrected chi connectivity index (χ1v) is 8.95. The molecule has 0 aliphatic heterocycles. The van der Waals surface area contributed by atoms with Crippen LogP contribution in [0.2, 0.25) is 0 Å². The van der Waals surface area contributed by atoms with Crippen molar-refractivity contribution in [1.29, 1.82) is 0 Å². The summed E-state index contributed by atoms with van der Waals surface area (Å²) in [4.78, 5) is 30.8. The molecule has 1 amide bonds. The van der Waals surface area contributed by atoms with Gasteiger partial charge in [-0.2, -0.15) is 0 Å². The van der Waals surface area contributed by atoms with E-state index in [0.29, 0.717) is 12.5 Å². The van der Waals surface area contributed by atoms with E-state index in [1.807, 2.05) is 24.3 Å². The topological polar surface area (TPSA) is 98.0 Å². The molecule has 2 heterocycles. The minimum absolute atomic E-state index is 0.176. The number of amides is 1. The minimum atomic E-state index is -0.920. The number of carbonyl (C=O) groups is 1. The smallest absolute Gasteiger partial charge is 0.257 e. The largest absolute Gasteiger partial charge is 0.394 e. The molecular weight excluding hydrogens is 380 g/mol. The van der Waals surface area contributed by atoms with Gasteiger partial charge in [0.15, 0.2) is 0 Å². The Hall–Kier alpha value is -3.52. The number of aliphatic hydroxyl groups excluding tert-OH is 1. The molecule has 4 rings (SSSR count). The van der Waals surface area contributed by atoms with Gasteiger partial charge in [0, 0.05) is 29.4 Å². The van der Waals surface area contributed by atoms with Crippen molar-refractivity contribution in [3.05, 3.63) is 81.8 Å². The van der Waals surface area contributed by atoms with Crippen LogP contribution in [0.1, 0.15) is 15.9 Å². The predicted octanol–water partition coefficient (Wildman–Crippen LogP) is 2.62. The summed E-state index contributed by atoms with van der Waals surface area (Å²) >= 11 is 0. The van der Waals surface area contributed by atoms with Crippen LogP contribution in [0.4, 0.5) is 8.78 Å². The molecule has 0 aliphatic carbocycles. The molecule has 148 valence electrons. The highest BCUT2D eigenvalue weighted by molar-refractivity contribution is 5.97. The van der Waals surface area contributed by atoms with Crippen LogP contribution in [0, 0.1) is 11.6 Å². The first kappa shape index (κ1) is 18.8. The van der Waals surface area contributed by atoms with E-state index in [-0.39, 0.29) is 23.1 Å². The maximum absolute atomic E-state index is 13.8. The molecule has 0 saturated carbocycles. The van der Waals surface area contributed by atoms with Crippen LogP contribution >= 0.6 is 0 Å². The average molecular weight is 397 g/mol. The number of benzene rings is 2. The van der Waals surface area contributed by atoms with Crippen molar-refractivity contribution in [2.75, 3.05) is 6.61 Å². The lowest BCUT2D eigenvalue weighted by Gasteiger charge is -2.16. The van der Waals surface area contributed by atoms with Crippen molar-refractivity contribution >= 4 is 27.7 Å². The van der Waals surface area contributed by atoms with Crippen LogP contribution in [0.25, 0.3) is 21.8 Å². The number of fused-ring (bicyclic) bond motifs is 2. The second-order valence-electron chi connectivity index (χ2n) is 6.76. The van der Waals surface area contributed by atoms with Gasteiger partial charge in [0.05, 0.1) is 23.6 Å². The summed E-state index contributed by atoms with van der Waals surface area (Å²) in [7, 11) is 0. The van der Waals surface area contributed by atoms with Gasteiger partial charge in [0.2, 0.25) is 5.43 Å². The number of para-hydroxylation sites is 1. The molecule has 4 N–H and O–H groups in total. The molecular formula is C21H17F2N3O3. The standard InChI is InChI=1S/C21H17F2N3O3/c22-12-6-15-19(17(23)7-12)25-9-16(20(15)28)21(29)26-13(10-27)5-11-8-24-18-4-2-1-3-14(11)18/h1-4,6-9,13,24,27H,5,10H2,(H,25,28)(H,26,29). The fraction of sp³-hybridized carbons (Fsp3) is 0.143. The number of aliphatic hydroxyl groups is 1. The van der Waals surface area contributed by atoms with Gasteiger partial charge in [-0.15, -0.1) is 0 Å². The number of pyridine rings is 1. The highest BCUT2D eigenvalue weighted by Gasteiger charge is 2.20. The zero-order valence-corrected chi connectivity index (χ0v) is 15.1. The molecule has 0 radical (unpaired) electrons. The molecule has 0 saturated heterocycles. The monoisotopic (exact) mass is 397 g/mol. The number of hydrogen-bond acceptors (Lipinski definition) is 3. The third kappa shape index (κ3) is 3.50. The molecule has 6 nitrogen and oxygen atoms in total. The Kier molecular flexibility index (Phi) is 4.85. The van der Waals surface area contributed by atoms with E-state index in [0.717, 1.165) is 28.7 Å². The van der Waals surface area contributed by atoms with Gasteiger partial charge in [-0.1, -0.05) is 18.2 Å². The zero-order valence-electron chi connectivity index (χ0n) is 15.1. The van der Waals surface area contributed by atoms with Crippen LogP contribution in [0.3, 0.4) is 0 Å². The van der Waals surface area contributed by atoms with Crippen LogP contribution in [0.15, 0.2) is 53.6 Å². The number of hydrogen-bond donors (Lipinski definition) is 4. The average Bonchev–Trinajstić information content (AvgIpc) is 3.11. The summed E-state index contributed by atoms with van der Waals surface area (Å²) in [6, 6.07) is 8.50. The minimum Gasteiger partial charge on any atom is -0.394 e. The van der Waals surface area contributed by atoms with Gasteiger partial charge >= 0.3 is 0 Å². The summed E-state index contributed by atoms with van der Waals surface area (Å²) in [6.45, 7) is -0.347. The lowest BCUT2D eigenvalue weighted by atomic mass is 10.0. The predicted molar refractivity (Wildman–Crippen MR) is 105 cm³/mol. The summed E-state index contributed by atoms with van der Waals surface area (Å²) in [5.41, 5.74) is 0.570. The molecule has 4 aromatic rings. The molecule has 1 atom stereocenters. The number of aromatic nitrogens is 2. The first-order valence-electron chi connectivity index (χ1n) is 8.95. The molecule has 29 heavy (non-hydrogen) atoms. The number of H-pyrrole nitrogens is 2. The Morgan fingerprint density at radius 3 is 2.69 bits per heavy atom. The Morgan fingerprint density at radius 1 is 1.10 bits per heavy atom. The van der Waals surface area contributed by atoms with E-state index < -0.39 is 29.0 Å². The maximum Gasteiger partial charge on any atom is 0.257 e. The second-order valence-corrected chi connectivity index (χ2v) is 6.76. The third-order valence-electron chi connectivity index (χ3n) is 4.85. The van der Waals surface area contributed by atoms with Gasteiger partial charge in [0.25, 0.3) is 5.91 Å². The Labute approximate surface area is 163 Å². The summed E-state index contributed by atoms with van der Waals surface area (Å²) < 4.78 is 27.3. The van der Waals surface area contributed by atoms with Gasteiger partial charge in [-0.05, 0) is 24.1 Å². The SMILES string of the molecule is O=C(NC(CO)Cc1c[nH]c2ccccc12)c1c[nH]c2c(F)cc(F)cc2c1=O. The molecule has 0 spiro atoms. The van der Waals surface area contributed by atoms with Gasteiger partial charge in [-0.25, -0.2) is 8.78 Å². The Bertz CT molecular complexity index is 1280. The zero-order chi connectivity index (χ0) is 20.5. The van der Waals surface area contributed by atoms with E-state index in [4.69, 9.17) is 0 Å². The van der Waals surface area contributed by atoms with Gasteiger partial charge in [-0.3, -0.25) is 9.59 Å². The second kappa shape index (κ2) is 7.48. The van der Waals surface area contributed by atoms with Gasteiger partial charge in [0.1, 0.15) is 17.2 Å². The number of carbonyl (C=O) groups excluding carboxylic acids is 1. The number of aromatic amines is 2. The van der Waals surface area contributed by atoms with E-state index >= 15 is 0 Å². The van der Waals surface area contributed by atoms with Crippen LogP contribution in [-0.2, 0) is 6.42 Å². The first-order chi connectivity index (χ1) is 14.0. The van der Waals surface area contributed by atoms with Crippen LogP contribution in [-0.4, -0.2) is 33.6 Å². The van der Waals surface area contributed by atoms with E-state index in [2.05, 4.69) is 15.3 Å². The van der Waals surface area contributed by atoms with E-state index in [9.17, 15) is 23.5 Å². The fourth-order valence-corrected chi connectivity index (χ4v) is 3.41. The highest BCUT2D eigenvalue weighted by atomic mass is 19.1. The molecule has 0 aliphatic rings. The fourth-order valence-electron chi connectivity index (χ4n) is 3.41. The summed E-state index contributed by atoms with van der Waals surface area (Å²) in [5.74, 6) is -2.57. The molecule has 0 fully saturated rings. The normalized spacial score (nSPS) is 12.4. The van der Waals surface area contributed by atoms with Crippen molar-refractivity contribution in [2.45, 2.75) is 12.5 Å². The van der Waals surface area contributed by atoms with E-state index in [1.165, 1.54) is 0 Å².